The minimum absolute atomic E-state index is 0.692. The van der Waals surface area contributed by atoms with Gasteiger partial charge in [-0.25, -0.2) is 0 Å². The summed E-state index contributed by atoms with van der Waals surface area (Å²) < 4.78 is 0. The average Bonchev–Trinajstić information content (AvgIpc) is 2.21. The second-order valence-corrected chi connectivity index (χ2v) is 4.47. The predicted octanol–water partition coefficient (Wildman–Crippen LogP) is 3.02. The SMILES string of the molecule is C1=CC(NC2CCCCC2)CCC1. The molecule has 0 aliphatic heterocycles. The lowest BCUT2D eigenvalue weighted by Gasteiger charge is -2.28. The van der Waals surface area contributed by atoms with Crippen molar-refractivity contribution in [3.8, 4) is 0 Å². The van der Waals surface area contributed by atoms with Gasteiger partial charge in [0, 0.05) is 12.1 Å². The molecule has 1 N–H and O–H groups in total. The lowest BCUT2D eigenvalue weighted by molar-refractivity contribution is 0.344. The van der Waals surface area contributed by atoms with E-state index in [1.165, 1.54) is 51.4 Å². The zero-order valence-corrected chi connectivity index (χ0v) is 8.47. The fraction of sp³-hybridized carbons (Fsp3) is 0.833. The van der Waals surface area contributed by atoms with Crippen LogP contribution in [0.4, 0.5) is 0 Å². The Balaban J connectivity index is 1.75. The Bertz CT molecular complexity index is 168. The van der Waals surface area contributed by atoms with Gasteiger partial charge in [-0.1, -0.05) is 31.4 Å². The van der Waals surface area contributed by atoms with Gasteiger partial charge in [0.25, 0.3) is 0 Å². The van der Waals surface area contributed by atoms with Crippen molar-refractivity contribution in [1.82, 2.24) is 5.32 Å². The number of rotatable bonds is 2. The fourth-order valence-electron chi connectivity index (χ4n) is 2.52. The molecule has 2 aliphatic rings. The molecule has 2 rings (SSSR count). The Hall–Kier alpha value is -0.300. The summed E-state index contributed by atoms with van der Waals surface area (Å²) in [6, 6.07) is 1.51. The summed E-state index contributed by atoms with van der Waals surface area (Å²) in [6.45, 7) is 0. The van der Waals surface area contributed by atoms with Crippen molar-refractivity contribution in [3.05, 3.63) is 12.2 Å². The van der Waals surface area contributed by atoms with Crippen LogP contribution in [0.3, 0.4) is 0 Å². The summed E-state index contributed by atoms with van der Waals surface area (Å²) in [4.78, 5) is 0. The van der Waals surface area contributed by atoms with Crippen molar-refractivity contribution >= 4 is 0 Å². The summed E-state index contributed by atoms with van der Waals surface area (Å²) in [5, 5.41) is 3.77. The average molecular weight is 179 g/mol. The monoisotopic (exact) mass is 179 g/mol. The van der Waals surface area contributed by atoms with Gasteiger partial charge in [-0.3, -0.25) is 0 Å². The zero-order valence-electron chi connectivity index (χ0n) is 8.47. The first kappa shape index (κ1) is 9.26. The molecule has 0 aromatic rings. The molecule has 2 aliphatic carbocycles. The van der Waals surface area contributed by atoms with Crippen LogP contribution < -0.4 is 5.32 Å². The predicted molar refractivity (Wildman–Crippen MR) is 56.8 cm³/mol. The largest absolute Gasteiger partial charge is 0.308 e. The quantitative estimate of drug-likeness (QED) is 0.642. The Morgan fingerprint density at radius 3 is 2.46 bits per heavy atom. The molecule has 0 aromatic carbocycles. The molecule has 74 valence electrons. The van der Waals surface area contributed by atoms with Crippen LogP contribution in [-0.4, -0.2) is 12.1 Å². The number of hydrogen-bond donors (Lipinski definition) is 1. The first-order valence-electron chi connectivity index (χ1n) is 5.88. The van der Waals surface area contributed by atoms with Crippen LogP contribution in [0.15, 0.2) is 12.2 Å². The molecule has 1 saturated carbocycles. The van der Waals surface area contributed by atoms with Crippen molar-refractivity contribution in [2.45, 2.75) is 63.5 Å². The molecule has 0 heterocycles. The van der Waals surface area contributed by atoms with Gasteiger partial charge >= 0.3 is 0 Å². The second-order valence-electron chi connectivity index (χ2n) is 4.47. The summed E-state index contributed by atoms with van der Waals surface area (Å²) >= 11 is 0. The Morgan fingerprint density at radius 2 is 1.77 bits per heavy atom. The van der Waals surface area contributed by atoms with Crippen LogP contribution in [0.25, 0.3) is 0 Å². The van der Waals surface area contributed by atoms with Gasteiger partial charge in [-0.05, 0) is 32.1 Å². The normalized spacial score (nSPS) is 30.6. The van der Waals surface area contributed by atoms with E-state index in [9.17, 15) is 0 Å². The van der Waals surface area contributed by atoms with Crippen molar-refractivity contribution in [1.29, 1.82) is 0 Å². The third kappa shape index (κ3) is 2.84. The first-order chi connectivity index (χ1) is 6.45. The summed E-state index contributed by atoms with van der Waals surface area (Å²) in [6.07, 6.45) is 15.9. The molecular formula is C12H21N. The van der Waals surface area contributed by atoms with Gasteiger partial charge < -0.3 is 5.32 Å². The third-order valence-corrected chi connectivity index (χ3v) is 3.31. The van der Waals surface area contributed by atoms with E-state index in [2.05, 4.69) is 17.5 Å². The van der Waals surface area contributed by atoms with Gasteiger partial charge in [0.1, 0.15) is 0 Å². The first-order valence-corrected chi connectivity index (χ1v) is 5.88. The van der Waals surface area contributed by atoms with Gasteiger partial charge in [-0.2, -0.15) is 0 Å². The van der Waals surface area contributed by atoms with E-state index in [1.54, 1.807) is 0 Å². The third-order valence-electron chi connectivity index (χ3n) is 3.31. The lowest BCUT2D eigenvalue weighted by atomic mass is 9.93. The molecule has 1 unspecified atom stereocenters. The Kier molecular flexibility index (Phi) is 3.42. The van der Waals surface area contributed by atoms with Crippen LogP contribution in [-0.2, 0) is 0 Å². The molecule has 0 bridgehead atoms. The van der Waals surface area contributed by atoms with Crippen LogP contribution in [0, 0.1) is 0 Å². The lowest BCUT2D eigenvalue weighted by Crippen LogP contribution is -2.38. The van der Waals surface area contributed by atoms with E-state index in [0.29, 0.717) is 6.04 Å². The Morgan fingerprint density at radius 1 is 0.923 bits per heavy atom. The van der Waals surface area contributed by atoms with Crippen molar-refractivity contribution in [3.63, 3.8) is 0 Å². The van der Waals surface area contributed by atoms with Gasteiger partial charge in [-0.15, -0.1) is 0 Å². The standard InChI is InChI=1S/C12H21N/c1-3-7-11(8-4-1)13-12-9-5-2-6-10-12/h3,7,11-13H,1-2,4-6,8-10H2. The van der Waals surface area contributed by atoms with Gasteiger partial charge in [0.15, 0.2) is 0 Å². The minimum Gasteiger partial charge on any atom is -0.308 e. The molecule has 1 fully saturated rings. The van der Waals surface area contributed by atoms with Crippen LogP contribution >= 0.6 is 0 Å². The van der Waals surface area contributed by atoms with Crippen LogP contribution in [0.1, 0.15) is 51.4 Å². The van der Waals surface area contributed by atoms with Crippen molar-refractivity contribution in [2.24, 2.45) is 0 Å². The summed E-state index contributed by atoms with van der Waals surface area (Å²) in [5.41, 5.74) is 0. The number of allylic oxidation sites excluding steroid dienone is 1. The number of nitrogens with one attached hydrogen (secondary N) is 1. The van der Waals surface area contributed by atoms with E-state index in [-0.39, 0.29) is 0 Å². The highest BCUT2D eigenvalue weighted by molar-refractivity contribution is 4.98. The van der Waals surface area contributed by atoms with Crippen molar-refractivity contribution < 1.29 is 0 Å². The van der Waals surface area contributed by atoms with E-state index < -0.39 is 0 Å². The number of hydrogen-bond acceptors (Lipinski definition) is 1. The summed E-state index contributed by atoms with van der Waals surface area (Å²) in [7, 11) is 0. The van der Waals surface area contributed by atoms with E-state index in [0.717, 1.165) is 6.04 Å². The molecule has 0 amide bonds. The van der Waals surface area contributed by atoms with Gasteiger partial charge in [0.2, 0.25) is 0 Å². The molecule has 0 aromatic heterocycles. The van der Waals surface area contributed by atoms with Gasteiger partial charge in [0.05, 0.1) is 0 Å². The molecule has 1 heteroatoms. The molecule has 13 heavy (non-hydrogen) atoms. The molecule has 1 nitrogen and oxygen atoms in total. The minimum atomic E-state index is 0.692. The maximum Gasteiger partial charge on any atom is 0.0252 e. The van der Waals surface area contributed by atoms with Crippen molar-refractivity contribution in [2.75, 3.05) is 0 Å². The fourth-order valence-corrected chi connectivity index (χ4v) is 2.52. The van der Waals surface area contributed by atoms with E-state index in [4.69, 9.17) is 0 Å². The maximum absolute atomic E-state index is 3.77. The topological polar surface area (TPSA) is 12.0 Å². The zero-order chi connectivity index (χ0) is 8.93. The Labute approximate surface area is 81.6 Å². The molecular weight excluding hydrogens is 158 g/mol. The highest BCUT2D eigenvalue weighted by Gasteiger charge is 2.16. The molecule has 0 saturated heterocycles. The maximum atomic E-state index is 3.77. The highest BCUT2D eigenvalue weighted by Crippen LogP contribution is 2.19. The van der Waals surface area contributed by atoms with Crippen LogP contribution in [0.2, 0.25) is 0 Å². The molecule has 0 spiro atoms. The van der Waals surface area contributed by atoms with E-state index >= 15 is 0 Å². The second kappa shape index (κ2) is 4.80. The van der Waals surface area contributed by atoms with E-state index in [1.807, 2.05) is 0 Å². The molecule has 1 atom stereocenters. The van der Waals surface area contributed by atoms with Crippen LogP contribution in [0.5, 0.6) is 0 Å². The summed E-state index contributed by atoms with van der Waals surface area (Å²) in [5.74, 6) is 0. The smallest absolute Gasteiger partial charge is 0.0252 e. The molecule has 0 radical (unpaired) electrons. The highest BCUT2D eigenvalue weighted by atomic mass is 14.9.